The second kappa shape index (κ2) is 4.04. The van der Waals surface area contributed by atoms with Crippen LogP contribution in [0.15, 0.2) is 59.6 Å². The Labute approximate surface area is 108 Å². The van der Waals surface area contributed by atoms with Crippen molar-refractivity contribution in [2.24, 2.45) is 0 Å². The van der Waals surface area contributed by atoms with Gasteiger partial charge in [-0.1, -0.05) is 58.9 Å². The maximum atomic E-state index is 3.94. The fraction of sp³-hybridized carbons (Fsp3) is 0.0667. The quantitative estimate of drug-likeness (QED) is 0.643. The third-order valence-electron chi connectivity index (χ3n) is 3.01. The number of halogens is 1. The minimum absolute atomic E-state index is 0.800. The lowest BCUT2D eigenvalue weighted by molar-refractivity contribution is 0.893. The van der Waals surface area contributed by atoms with Gasteiger partial charge in [0, 0.05) is 26.3 Å². The molecule has 0 aliphatic heterocycles. The highest BCUT2D eigenvalue weighted by atomic mass is 79.9. The van der Waals surface area contributed by atoms with E-state index in [0.29, 0.717) is 0 Å². The Morgan fingerprint density at radius 2 is 1.41 bits per heavy atom. The van der Waals surface area contributed by atoms with Gasteiger partial charge in [-0.25, -0.2) is 0 Å². The number of hydrogen-bond donors (Lipinski definition) is 0. The molecule has 0 spiro atoms. The van der Waals surface area contributed by atoms with Gasteiger partial charge in [-0.05, 0) is 12.1 Å². The molecule has 3 rings (SSSR count). The number of aromatic nitrogens is 1. The summed E-state index contributed by atoms with van der Waals surface area (Å²) >= 11 is 3.45. The fourth-order valence-corrected chi connectivity index (χ4v) is 2.60. The molecule has 0 unspecified atom stereocenters. The van der Waals surface area contributed by atoms with E-state index in [4.69, 9.17) is 0 Å². The van der Waals surface area contributed by atoms with E-state index in [1.165, 1.54) is 21.8 Å². The zero-order valence-electron chi connectivity index (χ0n) is 9.36. The molecule has 2 heteroatoms. The maximum Gasteiger partial charge on any atom is 0.0541 e. The van der Waals surface area contributed by atoms with Gasteiger partial charge >= 0.3 is 0 Å². The van der Waals surface area contributed by atoms with Crippen LogP contribution in [-0.4, -0.2) is 4.57 Å². The van der Waals surface area contributed by atoms with E-state index >= 15 is 0 Å². The largest absolute Gasteiger partial charge is 0.335 e. The molecule has 17 heavy (non-hydrogen) atoms. The van der Waals surface area contributed by atoms with Crippen molar-refractivity contribution in [1.29, 1.82) is 0 Å². The fourth-order valence-electron chi connectivity index (χ4n) is 2.35. The standard InChI is InChI=1S/C15H12BrN/c1-11(16)10-17-14-8-4-2-6-12(14)13-7-3-5-9-15(13)17/h2-9H,1,10H2. The van der Waals surface area contributed by atoms with Gasteiger partial charge < -0.3 is 4.57 Å². The zero-order valence-corrected chi connectivity index (χ0v) is 10.9. The normalized spacial score (nSPS) is 11.1. The van der Waals surface area contributed by atoms with Crippen molar-refractivity contribution < 1.29 is 0 Å². The summed E-state index contributed by atoms with van der Waals surface area (Å²) in [6.07, 6.45) is 0. The Morgan fingerprint density at radius 3 is 1.88 bits per heavy atom. The lowest BCUT2D eigenvalue weighted by Crippen LogP contribution is -1.96. The van der Waals surface area contributed by atoms with Crippen molar-refractivity contribution in [2.75, 3.05) is 0 Å². The Morgan fingerprint density at radius 1 is 0.941 bits per heavy atom. The number of benzene rings is 2. The molecule has 0 bridgehead atoms. The zero-order chi connectivity index (χ0) is 11.8. The Balaban J connectivity index is 2.45. The second-order valence-corrected chi connectivity index (χ2v) is 5.26. The molecular weight excluding hydrogens is 274 g/mol. The summed E-state index contributed by atoms with van der Waals surface area (Å²) in [6, 6.07) is 17.0. The topological polar surface area (TPSA) is 4.93 Å². The highest BCUT2D eigenvalue weighted by Gasteiger charge is 2.08. The monoisotopic (exact) mass is 285 g/mol. The van der Waals surface area contributed by atoms with Crippen molar-refractivity contribution in [3.63, 3.8) is 0 Å². The van der Waals surface area contributed by atoms with Crippen LogP contribution in [-0.2, 0) is 6.54 Å². The molecule has 0 N–H and O–H groups in total. The molecule has 0 aliphatic rings. The van der Waals surface area contributed by atoms with Crippen molar-refractivity contribution in [1.82, 2.24) is 4.57 Å². The van der Waals surface area contributed by atoms with E-state index in [0.717, 1.165) is 11.0 Å². The number of rotatable bonds is 2. The number of para-hydroxylation sites is 2. The van der Waals surface area contributed by atoms with Crippen LogP contribution in [0.3, 0.4) is 0 Å². The first-order valence-electron chi connectivity index (χ1n) is 5.56. The molecule has 84 valence electrons. The smallest absolute Gasteiger partial charge is 0.0541 e. The van der Waals surface area contributed by atoms with Gasteiger partial charge in [0.25, 0.3) is 0 Å². The van der Waals surface area contributed by atoms with Gasteiger partial charge in [0.2, 0.25) is 0 Å². The third kappa shape index (κ3) is 1.69. The SMILES string of the molecule is C=C(Br)Cn1c2ccccc2c2ccccc21. The summed E-state index contributed by atoms with van der Waals surface area (Å²) in [5.74, 6) is 0. The van der Waals surface area contributed by atoms with E-state index in [1.54, 1.807) is 0 Å². The molecule has 0 radical (unpaired) electrons. The van der Waals surface area contributed by atoms with Crippen LogP contribution in [0, 0.1) is 0 Å². The molecule has 0 atom stereocenters. The van der Waals surface area contributed by atoms with Gasteiger partial charge in [0.05, 0.1) is 6.54 Å². The molecule has 0 amide bonds. The van der Waals surface area contributed by atoms with Crippen LogP contribution in [0.2, 0.25) is 0 Å². The van der Waals surface area contributed by atoms with Crippen molar-refractivity contribution in [3.05, 3.63) is 59.6 Å². The minimum Gasteiger partial charge on any atom is -0.335 e. The van der Waals surface area contributed by atoms with Crippen LogP contribution < -0.4 is 0 Å². The van der Waals surface area contributed by atoms with Crippen molar-refractivity contribution >= 4 is 37.7 Å². The average Bonchev–Trinajstić information content (AvgIpc) is 2.65. The summed E-state index contributed by atoms with van der Waals surface area (Å²) in [4.78, 5) is 0. The van der Waals surface area contributed by atoms with Crippen molar-refractivity contribution in [3.8, 4) is 0 Å². The molecule has 0 saturated heterocycles. The number of nitrogens with zero attached hydrogens (tertiary/aromatic N) is 1. The van der Waals surface area contributed by atoms with Gasteiger partial charge in [-0.15, -0.1) is 0 Å². The predicted octanol–water partition coefficient (Wildman–Crippen LogP) is 4.70. The van der Waals surface area contributed by atoms with Gasteiger partial charge in [-0.3, -0.25) is 0 Å². The first-order valence-corrected chi connectivity index (χ1v) is 6.36. The summed E-state index contributed by atoms with van der Waals surface area (Å²) < 4.78 is 3.28. The van der Waals surface area contributed by atoms with Crippen LogP contribution in [0.1, 0.15) is 0 Å². The highest BCUT2D eigenvalue weighted by molar-refractivity contribution is 9.11. The van der Waals surface area contributed by atoms with Crippen LogP contribution in [0.5, 0.6) is 0 Å². The van der Waals surface area contributed by atoms with Gasteiger partial charge in [0.15, 0.2) is 0 Å². The Hall–Kier alpha value is -1.54. The lowest BCUT2D eigenvalue weighted by Gasteiger charge is -2.05. The number of fused-ring (bicyclic) bond motifs is 3. The van der Waals surface area contributed by atoms with E-state index in [-0.39, 0.29) is 0 Å². The van der Waals surface area contributed by atoms with E-state index < -0.39 is 0 Å². The summed E-state index contributed by atoms with van der Waals surface area (Å²) in [7, 11) is 0. The molecule has 0 saturated carbocycles. The average molecular weight is 286 g/mol. The lowest BCUT2D eigenvalue weighted by atomic mass is 10.2. The van der Waals surface area contributed by atoms with Crippen molar-refractivity contribution in [2.45, 2.75) is 6.54 Å². The molecule has 1 aromatic heterocycles. The molecule has 2 aromatic carbocycles. The van der Waals surface area contributed by atoms with Crippen LogP contribution in [0.4, 0.5) is 0 Å². The summed E-state index contributed by atoms with van der Waals surface area (Å²) in [6.45, 7) is 4.74. The molecule has 0 aliphatic carbocycles. The molecule has 1 nitrogen and oxygen atoms in total. The Kier molecular flexibility index (Phi) is 2.52. The third-order valence-corrected chi connectivity index (χ3v) is 3.26. The molecule has 1 heterocycles. The predicted molar refractivity (Wildman–Crippen MR) is 77.5 cm³/mol. The Bertz CT molecular complexity index is 656. The summed E-state index contributed by atoms with van der Waals surface area (Å²) in [5, 5.41) is 2.61. The second-order valence-electron chi connectivity index (χ2n) is 4.14. The molecule has 0 fully saturated rings. The van der Waals surface area contributed by atoms with E-state index in [1.807, 2.05) is 0 Å². The number of allylic oxidation sites excluding steroid dienone is 1. The van der Waals surface area contributed by atoms with Gasteiger partial charge in [-0.2, -0.15) is 0 Å². The van der Waals surface area contributed by atoms with E-state index in [9.17, 15) is 0 Å². The summed E-state index contributed by atoms with van der Waals surface area (Å²) in [5.41, 5.74) is 2.52. The van der Waals surface area contributed by atoms with Crippen LogP contribution in [0.25, 0.3) is 21.8 Å². The molecular formula is C15H12BrN. The minimum atomic E-state index is 0.800. The van der Waals surface area contributed by atoms with Crippen LogP contribution >= 0.6 is 15.9 Å². The van der Waals surface area contributed by atoms with Gasteiger partial charge in [0.1, 0.15) is 0 Å². The first-order chi connectivity index (χ1) is 8.27. The maximum absolute atomic E-state index is 3.94. The molecule has 3 aromatic rings. The highest BCUT2D eigenvalue weighted by Crippen LogP contribution is 2.29. The van der Waals surface area contributed by atoms with E-state index in [2.05, 4.69) is 75.6 Å². The first kappa shape index (κ1) is 10.6. The number of hydrogen-bond acceptors (Lipinski definition) is 0.